The highest BCUT2D eigenvalue weighted by Gasteiger charge is 2.15. The van der Waals surface area contributed by atoms with Crippen LogP contribution >= 0.6 is 0 Å². The van der Waals surface area contributed by atoms with E-state index in [1.165, 1.54) is 0 Å². The van der Waals surface area contributed by atoms with Gasteiger partial charge in [-0.3, -0.25) is 4.72 Å². The van der Waals surface area contributed by atoms with E-state index >= 15 is 0 Å². The van der Waals surface area contributed by atoms with E-state index < -0.39 is 10.0 Å². The number of aryl methyl sites for hydroxylation is 2. The Balaban J connectivity index is 1.96. The van der Waals surface area contributed by atoms with Gasteiger partial charge >= 0.3 is 0 Å². The van der Waals surface area contributed by atoms with Gasteiger partial charge in [-0.2, -0.15) is 0 Å². The Bertz CT molecular complexity index is 931. The third-order valence-corrected chi connectivity index (χ3v) is 4.79. The molecule has 0 fully saturated rings. The molecule has 0 saturated carbocycles. The zero-order valence-electron chi connectivity index (χ0n) is 12.8. The van der Waals surface area contributed by atoms with Crippen LogP contribution in [0.25, 0.3) is 11.5 Å². The third-order valence-electron chi connectivity index (χ3n) is 3.39. The minimum Gasteiger partial charge on any atom is -0.444 e. The molecule has 0 aliphatic carbocycles. The van der Waals surface area contributed by atoms with Crippen LogP contribution in [0.2, 0.25) is 0 Å². The minimum absolute atomic E-state index is 0.217. The van der Waals surface area contributed by atoms with Crippen LogP contribution in [0.3, 0.4) is 0 Å². The summed E-state index contributed by atoms with van der Waals surface area (Å²) in [6.07, 6.45) is 1.57. The molecular weight excluding hydrogens is 312 g/mol. The van der Waals surface area contributed by atoms with Gasteiger partial charge < -0.3 is 4.42 Å². The second-order valence-corrected chi connectivity index (χ2v) is 6.92. The van der Waals surface area contributed by atoms with Crippen LogP contribution in [0.5, 0.6) is 0 Å². The Morgan fingerprint density at radius 3 is 2.43 bits per heavy atom. The van der Waals surface area contributed by atoms with E-state index in [9.17, 15) is 8.42 Å². The topological polar surface area (TPSA) is 72.2 Å². The molecule has 1 aromatic heterocycles. The molecule has 0 atom stereocenters. The standard InChI is InChI=1S/C17H16N2O3S/c1-12-8-9-14(10-16(12)17-18-13(2)11-22-17)19-23(20,21)15-6-4-3-5-7-15/h3-11,19H,1-2H3. The normalized spacial score (nSPS) is 11.4. The highest BCUT2D eigenvalue weighted by Crippen LogP contribution is 2.27. The molecular formula is C17H16N2O3S. The van der Waals surface area contributed by atoms with E-state index in [-0.39, 0.29) is 4.90 Å². The van der Waals surface area contributed by atoms with Gasteiger partial charge in [0.15, 0.2) is 0 Å². The number of hydrogen-bond acceptors (Lipinski definition) is 4. The lowest BCUT2D eigenvalue weighted by atomic mass is 10.1. The van der Waals surface area contributed by atoms with Gasteiger partial charge in [0.2, 0.25) is 5.89 Å². The average molecular weight is 328 g/mol. The first kappa shape index (κ1) is 15.3. The molecule has 6 heteroatoms. The zero-order valence-corrected chi connectivity index (χ0v) is 13.6. The highest BCUT2D eigenvalue weighted by molar-refractivity contribution is 7.92. The lowest BCUT2D eigenvalue weighted by Crippen LogP contribution is -2.12. The monoisotopic (exact) mass is 328 g/mol. The summed E-state index contributed by atoms with van der Waals surface area (Å²) in [6.45, 7) is 3.76. The number of oxazole rings is 1. The molecule has 5 nitrogen and oxygen atoms in total. The predicted molar refractivity (Wildman–Crippen MR) is 88.7 cm³/mol. The van der Waals surface area contributed by atoms with Crippen molar-refractivity contribution in [2.45, 2.75) is 18.7 Å². The lowest BCUT2D eigenvalue weighted by Gasteiger charge is -2.10. The second kappa shape index (κ2) is 5.89. The lowest BCUT2D eigenvalue weighted by molar-refractivity contribution is 0.573. The number of nitrogens with one attached hydrogen (secondary N) is 1. The molecule has 0 saturated heterocycles. The van der Waals surface area contributed by atoms with Gasteiger partial charge in [0.05, 0.1) is 10.6 Å². The predicted octanol–water partition coefficient (Wildman–Crippen LogP) is 3.76. The fourth-order valence-electron chi connectivity index (χ4n) is 2.21. The molecule has 2 aromatic carbocycles. The first-order valence-electron chi connectivity index (χ1n) is 7.07. The quantitative estimate of drug-likeness (QED) is 0.791. The number of benzene rings is 2. The number of nitrogens with zero attached hydrogens (tertiary/aromatic N) is 1. The molecule has 0 bridgehead atoms. The molecule has 0 amide bonds. The Hall–Kier alpha value is -2.60. The van der Waals surface area contributed by atoms with Crippen LogP contribution in [-0.4, -0.2) is 13.4 Å². The zero-order chi connectivity index (χ0) is 16.4. The summed E-state index contributed by atoms with van der Waals surface area (Å²) in [7, 11) is -3.62. The third kappa shape index (κ3) is 3.27. The van der Waals surface area contributed by atoms with Crippen molar-refractivity contribution in [3.8, 4) is 11.5 Å². The van der Waals surface area contributed by atoms with E-state index in [1.807, 2.05) is 19.9 Å². The van der Waals surface area contributed by atoms with Gasteiger partial charge in [-0.25, -0.2) is 13.4 Å². The smallest absolute Gasteiger partial charge is 0.261 e. The molecule has 118 valence electrons. The van der Waals surface area contributed by atoms with Gasteiger partial charge in [0.1, 0.15) is 6.26 Å². The van der Waals surface area contributed by atoms with Crippen molar-refractivity contribution in [3.05, 3.63) is 66.1 Å². The van der Waals surface area contributed by atoms with Crippen molar-refractivity contribution in [2.24, 2.45) is 0 Å². The Labute approximate surface area is 135 Å². The first-order chi connectivity index (χ1) is 11.0. The molecule has 1 N–H and O–H groups in total. The maximum absolute atomic E-state index is 12.4. The van der Waals surface area contributed by atoms with Crippen LogP contribution < -0.4 is 4.72 Å². The number of hydrogen-bond donors (Lipinski definition) is 1. The van der Waals surface area contributed by atoms with E-state index in [2.05, 4.69) is 9.71 Å². The van der Waals surface area contributed by atoms with E-state index in [1.54, 1.807) is 48.7 Å². The Morgan fingerprint density at radius 2 is 1.78 bits per heavy atom. The molecule has 0 aliphatic rings. The molecule has 23 heavy (non-hydrogen) atoms. The summed E-state index contributed by atoms with van der Waals surface area (Å²) < 4.78 is 32.8. The summed E-state index contributed by atoms with van der Waals surface area (Å²) in [5.41, 5.74) is 2.95. The molecule has 3 aromatic rings. The number of sulfonamides is 1. The average Bonchev–Trinajstić information content (AvgIpc) is 2.96. The van der Waals surface area contributed by atoms with Crippen LogP contribution in [0, 0.1) is 13.8 Å². The fraction of sp³-hybridized carbons (Fsp3) is 0.118. The number of aromatic nitrogens is 1. The van der Waals surface area contributed by atoms with Gasteiger partial charge in [-0.1, -0.05) is 24.3 Å². The number of rotatable bonds is 4. The van der Waals surface area contributed by atoms with Crippen LogP contribution in [0.1, 0.15) is 11.3 Å². The molecule has 1 heterocycles. The van der Waals surface area contributed by atoms with Crippen molar-refractivity contribution in [1.82, 2.24) is 4.98 Å². The maximum Gasteiger partial charge on any atom is 0.261 e. The van der Waals surface area contributed by atoms with Gasteiger partial charge in [0.25, 0.3) is 10.0 Å². The SMILES string of the molecule is Cc1coc(-c2cc(NS(=O)(=O)c3ccccc3)ccc2C)n1. The van der Waals surface area contributed by atoms with Crippen LogP contribution in [0.4, 0.5) is 5.69 Å². The van der Waals surface area contributed by atoms with Gasteiger partial charge in [-0.05, 0) is 43.7 Å². The van der Waals surface area contributed by atoms with Crippen molar-refractivity contribution in [1.29, 1.82) is 0 Å². The van der Waals surface area contributed by atoms with E-state index in [0.29, 0.717) is 11.6 Å². The van der Waals surface area contributed by atoms with Crippen LogP contribution in [-0.2, 0) is 10.0 Å². The molecule has 0 aliphatic heterocycles. The summed E-state index contributed by atoms with van der Waals surface area (Å²) in [6, 6.07) is 13.5. The second-order valence-electron chi connectivity index (χ2n) is 5.24. The van der Waals surface area contributed by atoms with Crippen molar-refractivity contribution >= 4 is 15.7 Å². The first-order valence-corrected chi connectivity index (χ1v) is 8.55. The summed E-state index contributed by atoms with van der Waals surface area (Å²) >= 11 is 0. The highest BCUT2D eigenvalue weighted by atomic mass is 32.2. The van der Waals surface area contributed by atoms with Gasteiger partial charge in [0, 0.05) is 11.3 Å². The molecule has 3 rings (SSSR count). The summed E-state index contributed by atoms with van der Waals surface area (Å²) in [4.78, 5) is 4.51. The Morgan fingerprint density at radius 1 is 1.04 bits per heavy atom. The van der Waals surface area contributed by atoms with Crippen LogP contribution in [0.15, 0.2) is 64.1 Å². The maximum atomic E-state index is 12.4. The molecule has 0 spiro atoms. The molecule has 0 radical (unpaired) electrons. The van der Waals surface area contributed by atoms with Crippen molar-refractivity contribution in [2.75, 3.05) is 4.72 Å². The largest absolute Gasteiger partial charge is 0.444 e. The fourth-order valence-corrected chi connectivity index (χ4v) is 3.28. The summed E-state index contributed by atoms with van der Waals surface area (Å²) in [5.74, 6) is 0.473. The van der Waals surface area contributed by atoms with E-state index in [4.69, 9.17) is 4.42 Å². The molecule has 0 unspecified atom stereocenters. The number of anilines is 1. The minimum atomic E-state index is -3.62. The van der Waals surface area contributed by atoms with Gasteiger partial charge in [-0.15, -0.1) is 0 Å². The van der Waals surface area contributed by atoms with E-state index in [0.717, 1.165) is 16.8 Å². The summed E-state index contributed by atoms with van der Waals surface area (Å²) in [5, 5.41) is 0. The van der Waals surface area contributed by atoms with Crippen molar-refractivity contribution in [3.63, 3.8) is 0 Å². The van der Waals surface area contributed by atoms with Crippen molar-refractivity contribution < 1.29 is 12.8 Å². The Kier molecular flexibility index (Phi) is 3.92.